The third-order valence-corrected chi connectivity index (χ3v) is 4.46. The van der Waals surface area contributed by atoms with E-state index in [2.05, 4.69) is 34.8 Å². The molecule has 0 bridgehead atoms. The first kappa shape index (κ1) is 16.3. The van der Waals surface area contributed by atoms with Crippen molar-refractivity contribution in [3.63, 3.8) is 0 Å². The largest absolute Gasteiger partial charge is 0.397 e. The molecule has 19 heavy (non-hydrogen) atoms. The van der Waals surface area contributed by atoms with E-state index in [0.29, 0.717) is 11.5 Å². The first-order valence-electron chi connectivity index (χ1n) is 7.10. The predicted molar refractivity (Wildman–Crippen MR) is 86.9 cm³/mol. The topological polar surface area (TPSA) is 64.9 Å². The third kappa shape index (κ3) is 5.39. The van der Waals surface area contributed by atoms with Gasteiger partial charge in [0.15, 0.2) is 0 Å². The maximum Gasteiger partial charge on any atom is 0.138 e. The lowest BCUT2D eigenvalue weighted by molar-refractivity contribution is 0.279. The SMILES string of the molecule is CC(C)C1CCCCC1.Cc1nc(N)c(Br)cc1N. The standard InChI is InChI=1S/C9H18.C6H8BrN3/c1-8(2)9-6-4-3-5-7-9;1-3-5(8)2-4(7)6(9)10-3/h8-9H,3-7H2,1-2H3;2H,8H2,1H3,(H2,9,10). The number of aromatic nitrogens is 1. The highest BCUT2D eigenvalue weighted by Gasteiger charge is 2.15. The Balaban J connectivity index is 0.000000191. The summed E-state index contributed by atoms with van der Waals surface area (Å²) in [6, 6.07) is 1.75. The van der Waals surface area contributed by atoms with Crippen molar-refractivity contribution in [3.05, 3.63) is 16.2 Å². The molecule has 0 unspecified atom stereocenters. The summed E-state index contributed by atoms with van der Waals surface area (Å²) in [5.74, 6) is 2.47. The zero-order valence-corrected chi connectivity index (χ0v) is 13.8. The van der Waals surface area contributed by atoms with E-state index in [1.54, 1.807) is 6.07 Å². The van der Waals surface area contributed by atoms with E-state index in [4.69, 9.17) is 11.5 Å². The maximum absolute atomic E-state index is 5.54. The molecule has 0 amide bonds. The van der Waals surface area contributed by atoms with Crippen molar-refractivity contribution in [2.45, 2.75) is 52.9 Å². The van der Waals surface area contributed by atoms with Gasteiger partial charge in [0, 0.05) is 0 Å². The van der Waals surface area contributed by atoms with Gasteiger partial charge in [0.25, 0.3) is 0 Å². The molecule has 1 aromatic heterocycles. The molecule has 1 saturated carbocycles. The smallest absolute Gasteiger partial charge is 0.138 e. The Morgan fingerprint density at radius 2 is 1.79 bits per heavy atom. The molecule has 1 heterocycles. The Hall–Kier alpha value is -0.770. The molecule has 1 aliphatic carbocycles. The average molecular weight is 328 g/mol. The molecule has 1 fully saturated rings. The summed E-state index contributed by atoms with van der Waals surface area (Å²) in [4.78, 5) is 3.98. The van der Waals surface area contributed by atoms with Crippen molar-refractivity contribution in [1.82, 2.24) is 4.98 Å². The molecular weight excluding hydrogens is 302 g/mol. The number of nitrogen functional groups attached to an aromatic ring is 2. The fraction of sp³-hybridized carbons (Fsp3) is 0.667. The molecule has 0 aromatic carbocycles. The minimum Gasteiger partial charge on any atom is -0.397 e. The molecule has 1 aliphatic rings. The van der Waals surface area contributed by atoms with Gasteiger partial charge in [0.05, 0.1) is 15.9 Å². The molecule has 4 N–H and O–H groups in total. The van der Waals surface area contributed by atoms with Crippen LogP contribution in [0.2, 0.25) is 0 Å². The second-order valence-corrected chi connectivity index (χ2v) is 6.53. The van der Waals surface area contributed by atoms with Crippen LogP contribution in [-0.4, -0.2) is 4.98 Å². The predicted octanol–water partition coefficient (Wildman–Crippen LogP) is 4.54. The molecule has 0 atom stereocenters. The zero-order chi connectivity index (χ0) is 14.4. The number of hydrogen-bond acceptors (Lipinski definition) is 3. The van der Waals surface area contributed by atoms with Gasteiger partial charge in [0.1, 0.15) is 5.82 Å². The Labute approximate surface area is 125 Å². The highest BCUT2D eigenvalue weighted by atomic mass is 79.9. The number of aryl methyl sites for hydroxylation is 1. The van der Waals surface area contributed by atoms with Crippen LogP contribution < -0.4 is 11.5 Å². The van der Waals surface area contributed by atoms with Crippen LogP contribution in [0.3, 0.4) is 0 Å². The highest BCUT2D eigenvalue weighted by Crippen LogP contribution is 2.29. The fourth-order valence-electron chi connectivity index (χ4n) is 2.41. The van der Waals surface area contributed by atoms with Gasteiger partial charge in [-0.1, -0.05) is 46.0 Å². The van der Waals surface area contributed by atoms with Crippen LogP contribution in [0.25, 0.3) is 0 Å². The third-order valence-electron chi connectivity index (χ3n) is 3.83. The molecule has 108 valence electrons. The normalized spacial score (nSPS) is 16.1. The van der Waals surface area contributed by atoms with E-state index in [0.717, 1.165) is 22.0 Å². The van der Waals surface area contributed by atoms with Gasteiger partial charge in [0.2, 0.25) is 0 Å². The minimum absolute atomic E-state index is 0.478. The Morgan fingerprint density at radius 3 is 2.21 bits per heavy atom. The number of anilines is 2. The van der Waals surface area contributed by atoms with Gasteiger partial charge in [-0.05, 0) is 40.8 Å². The van der Waals surface area contributed by atoms with Crippen LogP contribution >= 0.6 is 15.9 Å². The fourth-order valence-corrected chi connectivity index (χ4v) is 2.75. The van der Waals surface area contributed by atoms with Crippen molar-refractivity contribution in [3.8, 4) is 0 Å². The summed E-state index contributed by atoms with van der Waals surface area (Å²) in [5, 5.41) is 0. The lowest BCUT2D eigenvalue weighted by Crippen LogP contribution is -2.12. The van der Waals surface area contributed by atoms with Crippen LogP contribution in [0, 0.1) is 18.8 Å². The summed E-state index contributed by atoms with van der Waals surface area (Å²) < 4.78 is 0.746. The van der Waals surface area contributed by atoms with Crippen molar-refractivity contribution in [2.24, 2.45) is 11.8 Å². The Kier molecular flexibility index (Phi) is 6.63. The Bertz CT molecular complexity index is 348. The van der Waals surface area contributed by atoms with E-state index in [1.165, 1.54) is 32.1 Å². The van der Waals surface area contributed by atoms with Crippen molar-refractivity contribution < 1.29 is 0 Å². The molecule has 0 radical (unpaired) electrons. The number of pyridine rings is 1. The van der Waals surface area contributed by atoms with E-state index in [1.807, 2.05) is 6.92 Å². The molecule has 0 saturated heterocycles. The first-order chi connectivity index (χ1) is 8.91. The van der Waals surface area contributed by atoms with E-state index in [9.17, 15) is 0 Å². The molecule has 3 nitrogen and oxygen atoms in total. The summed E-state index contributed by atoms with van der Waals surface area (Å²) >= 11 is 3.21. The Morgan fingerprint density at radius 1 is 1.21 bits per heavy atom. The average Bonchev–Trinajstić information content (AvgIpc) is 2.38. The van der Waals surface area contributed by atoms with Crippen LogP contribution in [0.15, 0.2) is 10.5 Å². The number of halogens is 1. The lowest BCUT2D eigenvalue weighted by atomic mass is 9.82. The first-order valence-corrected chi connectivity index (χ1v) is 7.89. The zero-order valence-electron chi connectivity index (χ0n) is 12.2. The van der Waals surface area contributed by atoms with Crippen LogP contribution in [0.4, 0.5) is 11.5 Å². The molecule has 2 rings (SSSR count). The number of nitrogens with zero attached hydrogens (tertiary/aromatic N) is 1. The van der Waals surface area contributed by atoms with E-state index >= 15 is 0 Å². The van der Waals surface area contributed by atoms with E-state index < -0.39 is 0 Å². The molecule has 0 aliphatic heterocycles. The second-order valence-electron chi connectivity index (χ2n) is 5.67. The van der Waals surface area contributed by atoms with Gasteiger partial charge in [-0.2, -0.15) is 0 Å². The van der Waals surface area contributed by atoms with Gasteiger partial charge < -0.3 is 11.5 Å². The molecule has 0 spiro atoms. The van der Waals surface area contributed by atoms with Crippen LogP contribution in [0.5, 0.6) is 0 Å². The van der Waals surface area contributed by atoms with Gasteiger partial charge in [-0.15, -0.1) is 0 Å². The molecule has 4 heteroatoms. The maximum atomic E-state index is 5.54. The summed E-state index contributed by atoms with van der Waals surface area (Å²) in [7, 11) is 0. The quantitative estimate of drug-likeness (QED) is 0.795. The summed E-state index contributed by atoms with van der Waals surface area (Å²) in [5.41, 5.74) is 12.4. The van der Waals surface area contributed by atoms with E-state index in [-0.39, 0.29) is 0 Å². The minimum atomic E-state index is 0.478. The molecular formula is C15H26BrN3. The summed E-state index contributed by atoms with van der Waals surface area (Å²) in [6.45, 7) is 6.53. The van der Waals surface area contributed by atoms with Gasteiger partial charge >= 0.3 is 0 Å². The lowest BCUT2D eigenvalue weighted by Gasteiger charge is -2.24. The van der Waals surface area contributed by atoms with Gasteiger partial charge in [-0.25, -0.2) is 4.98 Å². The van der Waals surface area contributed by atoms with Crippen LogP contribution in [-0.2, 0) is 0 Å². The van der Waals surface area contributed by atoms with Crippen LogP contribution in [0.1, 0.15) is 51.6 Å². The van der Waals surface area contributed by atoms with Crippen molar-refractivity contribution >= 4 is 27.4 Å². The second kappa shape index (κ2) is 7.73. The molecule has 1 aromatic rings. The number of nitrogens with two attached hydrogens (primary N) is 2. The number of hydrogen-bond donors (Lipinski definition) is 2. The number of rotatable bonds is 1. The van der Waals surface area contributed by atoms with Crippen molar-refractivity contribution in [1.29, 1.82) is 0 Å². The van der Waals surface area contributed by atoms with Crippen molar-refractivity contribution in [2.75, 3.05) is 11.5 Å². The van der Waals surface area contributed by atoms with Gasteiger partial charge in [-0.3, -0.25) is 0 Å². The monoisotopic (exact) mass is 327 g/mol. The highest BCUT2D eigenvalue weighted by molar-refractivity contribution is 9.10. The summed E-state index contributed by atoms with van der Waals surface area (Å²) in [6.07, 6.45) is 7.46.